The molecule has 0 amide bonds. The fourth-order valence-electron chi connectivity index (χ4n) is 2.49. The fourth-order valence-corrected chi connectivity index (χ4v) is 3.40. The van der Waals surface area contributed by atoms with E-state index >= 15 is 0 Å². The van der Waals surface area contributed by atoms with Crippen LogP contribution >= 0.6 is 11.3 Å². The predicted octanol–water partition coefficient (Wildman–Crippen LogP) is 5.16. The molecule has 0 fully saturated rings. The lowest BCUT2D eigenvalue weighted by molar-refractivity contribution is 0.631. The van der Waals surface area contributed by atoms with Gasteiger partial charge in [0.1, 0.15) is 10.8 Å². The molecule has 22 heavy (non-hydrogen) atoms. The number of aromatic nitrogens is 2. The molecule has 0 unspecified atom stereocenters. The highest BCUT2D eigenvalue weighted by atomic mass is 32.1. The van der Waals surface area contributed by atoms with E-state index in [9.17, 15) is 4.39 Å². The van der Waals surface area contributed by atoms with Crippen molar-refractivity contribution >= 4 is 22.1 Å². The summed E-state index contributed by atoms with van der Waals surface area (Å²) in [5.41, 5.74) is 1.52. The maximum Gasteiger partial charge on any atom is 0.151 e. The van der Waals surface area contributed by atoms with E-state index in [0.29, 0.717) is 10.6 Å². The van der Waals surface area contributed by atoms with Gasteiger partial charge in [0.2, 0.25) is 0 Å². The lowest BCUT2D eigenvalue weighted by Gasteiger charge is -2.02. The molecule has 4 heteroatoms. The Labute approximate surface area is 130 Å². The minimum atomic E-state index is -0.275. The Morgan fingerprint density at radius 2 is 1.32 bits per heavy atom. The van der Waals surface area contributed by atoms with Gasteiger partial charge in [-0.2, -0.15) is 0 Å². The van der Waals surface area contributed by atoms with E-state index in [1.165, 1.54) is 17.4 Å². The fraction of sp³-hybridized carbons (Fsp3) is 0. The molecule has 4 rings (SSSR count). The molecule has 106 valence electrons. The van der Waals surface area contributed by atoms with Gasteiger partial charge >= 0.3 is 0 Å². The van der Waals surface area contributed by atoms with Crippen LogP contribution in [-0.4, -0.2) is 10.2 Å². The van der Waals surface area contributed by atoms with E-state index in [0.717, 1.165) is 21.3 Å². The van der Waals surface area contributed by atoms with Gasteiger partial charge < -0.3 is 0 Å². The van der Waals surface area contributed by atoms with E-state index in [2.05, 4.69) is 28.4 Å². The molecule has 0 aliphatic rings. The number of benzene rings is 3. The van der Waals surface area contributed by atoms with Crippen molar-refractivity contribution in [2.45, 2.75) is 0 Å². The Bertz CT molecular complexity index is 957. The molecule has 0 spiro atoms. The van der Waals surface area contributed by atoms with Crippen LogP contribution in [0.1, 0.15) is 0 Å². The van der Waals surface area contributed by atoms with Crippen LogP contribution in [0.2, 0.25) is 0 Å². The van der Waals surface area contributed by atoms with Crippen LogP contribution in [-0.2, 0) is 0 Å². The molecule has 0 N–H and O–H groups in total. The number of nitrogens with zero attached hydrogens (tertiary/aromatic N) is 2. The third-order valence-electron chi connectivity index (χ3n) is 3.55. The topological polar surface area (TPSA) is 25.8 Å². The van der Waals surface area contributed by atoms with Gasteiger partial charge in [0.05, 0.1) is 0 Å². The van der Waals surface area contributed by atoms with E-state index < -0.39 is 0 Å². The normalized spacial score (nSPS) is 11.0. The van der Waals surface area contributed by atoms with Gasteiger partial charge in [0.15, 0.2) is 5.01 Å². The Kier molecular flexibility index (Phi) is 3.16. The molecule has 4 aromatic rings. The summed E-state index contributed by atoms with van der Waals surface area (Å²) in [6, 6.07) is 20.9. The predicted molar refractivity (Wildman–Crippen MR) is 88.2 cm³/mol. The summed E-state index contributed by atoms with van der Waals surface area (Å²) < 4.78 is 13.9. The van der Waals surface area contributed by atoms with Crippen molar-refractivity contribution in [2.75, 3.05) is 0 Å². The van der Waals surface area contributed by atoms with Crippen LogP contribution < -0.4 is 0 Å². The zero-order valence-electron chi connectivity index (χ0n) is 11.5. The second kappa shape index (κ2) is 5.31. The SMILES string of the molecule is Fc1ccccc1-c1nnc(-c2cccc3ccccc23)s1. The Morgan fingerprint density at radius 3 is 2.18 bits per heavy atom. The summed E-state index contributed by atoms with van der Waals surface area (Å²) in [6.45, 7) is 0. The first-order chi connectivity index (χ1) is 10.8. The van der Waals surface area contributed by atoms with Crippen LogP contribution in [0.25, 0.3) is 31.9 Å². The summed E-state index contributed by atoms with van der Waals surface area (Å²) in [5.74, 6) is -0.275. The van der Waals surface area contributed by atoms with Crippen molar-refractivity contribution in [3.05, 3.63) is 72.5 Å². The van der Waals surface area contributed by atoms with E-state index in [4.69, 9.17) is 0 Å². The lowest BCUT2D eigenvalue weighted by atomic mass is 10.1. The summed E-state index contributed by atoms with van der Waals surface area (Å²) in [5, 5.41) is 12.1. The number of hydrogen-bond acceptors (Lipinski definition) is 3. The van der Waals surface area contributed by atoms with E-state index in [-0.39, 0.29) is 5.82 Å². The molecular formula is C18H11FN2S. The highest BCUT2D eigenvalue weighted by Crippen LogP contribution is 2.34. The number of hydrogen-bond donors (Lipinski definition) is 0. The zero-order valence-corrected chi connectivity index (χ0v) is 12.3. The number of halogens is 1. The summed E-state index contributed by atoms with van der Waals surface area (Å²) in [6.07, 6.45) is 0. The van der Waals surface area contributed by atoms with Crippen molar-refractivity contribution in [2.24, 2.45) is 0 Å². The minimum absolute atomic E-state index is 0.275. The third kappa shape index (κ3) is 2.18. The average Bonchev–Trinajstić information content (AvgIpc) is 3.04. The van der Waals surface area contributed by atoms with Gasteiger partial charge in [-0.25, -0.2) is 4.39 Å². The molecule has 0 saturated heterocycles. The molecule has 1 heterocycles. The largest absolute Gasteiger partial charge is 0.206 e. The third-order valence-corrected chi connectivity index (χ3v) is 4.54. The molecule has 0 aliphatic carbocycles. The van der Waals surface area contributed by atoms with E-state index in [1.807, 2.05) is 24.3 Å². The first-order valence-electron chi connectivity index (χ1n) is 6.89. The van der Waals surface area contributed by atoms with Crippen LogP contribution in [0, 0.1) is 5.82 Å². The smallest absolute Gasteiger partial charge is 0.151 e. The second-order valence-electron chi connectivity index (χ2n) is 4.92. The maximum absolute atomic E-state index is 13.9. The monoisotopic (exact) mass is 306 g/mol. The van der Waals surface area contributed by atoms with Crippen LogP contribution in [0.4, 0.5) is 4.39 Å². The van der Waals surface area contributed by atoms with Crippen LogP contribution in [0.15, 0.2) is 66.7 Å². The van der Waals surface area contributed by atoms with Gasteiger partial charge in [-0.3, -0.25) is 0 Å². The highest BCUT2D eigenvalue weighted by molar-refractivity contribution is 7.18. The first-order valence-corrected chi connectivity index (χ1v) is 7.71. The average molecular weight is 306 g/mol. The first kappa shape index (κ1) is 13.1. The lowest BCUT2D eigenvalue weighted by Crippen LogP contribution is -1.82. The van der Waals surface area contributed by atoms with Gasteiger partial charge in [-0.05, 0) is 22.9 Å². The van der Waals surface area contributed by atoms with E-state index in [1.54, 1.807) is 18.2 Å². The molecule has 0 saturated carbocycles. The van der Waals surface area contributed by atoms with Crippen molar-refractivity contribution < 1.29 is 4.39 Å². The Hall–Kier alpha value is -2.59. The van der Waals surface area contributed by atoms with Gasteiger partial charge in [-0.1, -0.05) is 65.9 Å². The van der Waals surface area contributed by atoms with Gasteiger partial charge in [-0.15, -0.1) is 10.2 Å². The number of fused-ring (bicyclic) bond motifs is 1. The maximum atomic E-state index is 13.9. The molecule has 0 atom stereocenters. The quantitative estimate of drug-likeness (QED) is 0.511. The standard InChI is InChI=1S/C18H11FN2S/c19-16-11-4-3-9-15(16)18-21-20-17(22-18)14-10-5-7-12-6-1-2-8-13(12)14/h1-11H. The summed E-state index contributed by atoms with van der Waals surface area (Å²) >= 11 is 1.41. The van der Waals surface area contributed by atoms with Crippen molar-refractivity contribution in [3.63, 3.8) is 0 Å². The van der Waals surface area contributed by atoms with Gasteiger partial charge in [0.25, 0.3) is 0 Å². The molecule has 3 aromatic carbocycles. The van der Waals surface area contributed by atoms with Crippen LogP contribution in [0.5, 0.6) is 0 Å². The second-order valence-corrected chi connectivity index (χ2v) is 5.90. The minimum Gasteiger partial charge on any atom is -0.206 e. The Balaban J connectivity index is 1.86. The summed E-state index contributed by atoms with van der Waals surface area (Å²) in [4.78, 5) is 0. The molecular weight excluding hydrogens is 295 g/mol. The summed E-state index contributed by atoms with van der Waals surface area (Å²) in [7, 11) is 0. The number of rotatable bonds is 2. The molecule has 0 aliphatic heterocycles. The van der Waals surface area contributed by atoms with Crippen molar-refractivity contribution in [1.29, 1.82) is 0 Å². The zero-order chi connectivity index (χ0) is 14.9. The highest BCUT2D eigenvalue weighted by Gasteiger charge is 2.13. The van der Waals surface area contributed by atoms with Gasteiger partial charge in [0, 0.05) is 11.1 Å². The van der Waals surface area contributed by atoms with Crippen molar-refractivity contribution in [3.8, 4) is 21.1 Å². The molecule has 2 nitrogen and oxygen atoms in total. The van der Waals surface area contributed by atoms with Crippen LogP contribution in [0.3, 0.4) is 0 Å². The van der Waals surface area contributed by atoms with Crippen molar-refractivity contribution in [1.82, 2.24) is 10.2 Å². The molecule has 1 aromatic heterocycles. The molecule has 0 radical (unpaired) electrons. The molecule has 0 bridgehead atoms. The Morgan fingerprint density at radius 1 is 0.682 bits per heavy atom.